The van der Waals surface area contributed by atoms with Crippen molar-refractivity contribution in [3.05, 3.63) is 24.0 Å². The average molecular weight is 279 g/mol. The van der Waals surface area contributed by atoms with Crippen LogP contribution in [0.25, 0.3) is 11.0 Å². The lowest BCUT2D eigenvalue weighted by Gasteiger charge is -2.24. The molecule has 0 radical (unpaired) electrons. The number of anilines is 1. The number of imidazole rings is 1. The molecule has 0 bridgehead atoms. The number of ether oxygens (including phenoxy) is 1. The molecule has 108 valence electrons. The zero-order valence-electron chi connectivity index (χ0n) is 11.8. The number of benzene rings is 1. The minimum absolute atomic E-state index is 0.0600. The predicted octanol–water partition coefficient (Wildman–Crippen LogP) is 2.48. The second-order valence-corrected chi connectivity index (χ2v) is 4.75. The van der Waals surface area contributed by atoms with Gasteiger partial charge in [-0.25, -0.2) is 9.37 Å². The molecule has 2 rings (SSSR count). The number of H-pyrrole nitrogens is 1. The van der Waals surface area contributed by atoms with Crippen molar-refractivity contribution in [3.8, 4) is 0 Å². The maximum atomic E-state index is 13.2. The lowest BCUT2D eigenvalue weighted by Crippen LogP contribution is -2.37. The Morgan fingerprint density at radius 1 is 1.50 bits per heavy atom. The predicted molar refractivity (Wildman–Crippen MR) is 75.2 cm³/mol. The standard InChI is InChI=1S/C14H18FN3O2/c1-4-20-13(19)8-18(9(2)3)14-16-11-6-5-10(15)7-12(11)17-14/h5-7,9H,4,8H2,1-3H3,(H,16,17). The molecule has 0 aliphatic carbocycles. The maximum absolute atomic E-state index is 13.2. The zero-order chi connectivity index (χ0) is 14.7. The van der Waals surface area contributed by atoms with E-state index < -0.39 is 0 Å². The normalized spacial score (nSPS) is 11.1. The fraction of sp³-hybridized carbons (Fsp3) is 0.429. The molecule has 2 aromatic rings. The van der Waals surface area contributed by atoms with Crippen LogP contribution < -0.4 is 4.90 Å². The van der Waals surface area contributed by atoms with Crippen molar-refractivity contribution in [2.75, 3.05) is 18.1 Å². The average Bonchev–Trinajstić information content (AvgIpc) is 2.78. The summed E-state index contributed by atoms with van der Waals surface area (Å²) in [5, 5.41) is 0. The van der Waals surface area contributed by atoms with Crippen LogP contribution in [0.15, 0.2) is 18.2 Å². The summed E-state index contributed by atoms with van der Waals surface area (Å²) in [6.07, 6.45) is 0. The Balaban J connectivity index is 2.29. The van der Waals surface area contributed by atoms with Crippen LogP contribution >= 0.6 is 0 Å². The first kappa shape index (κ1) is 14.3. The van der Waals surface area contributed by atoms with Crippen molar-refractivity contribution < 1.29 is 13.9 Å². The molecule has 0 fully saturated rings. The first-order valence-electron chi connectivity index (χ1n) is 6.58. The van der Waals surface area contributed by atoms with Gasteiger partial charge >= 0.3 is 5.97 Å². The third-order valence-corrected chi connectivity index (χ3v) is 2.93. The van der Waals surface area contributed by atoms with Crippen molar-refractivity contribution in [3.63, 3.8) is 0 Å². The summed E-state index contributed by atoms with van der Waals surface area (Å²) in [6.45, 7) is 6.12. The molecule has 6 heteroatoms. The van der Waals surface area contributed by atoms with Gasteiger partial charge in [0, 0.05) is 6.04 Å². The van der Waals surface area contributed by atoms with Crippen LogP contribution in [0.2, 0.25) is 0 Å². The minimum Gasteiger partial charge on any atom is -0.465 e. The number of hydrogen-bond acceptors (Lipinski definition) is 4. The van der Waals surface area contributed by atoms with E-state index in [1.54, 1.807) is 17.9 Å². The Hall–Kier alpha value is -2.11. The number of nitrogens with zero attached hydrogens (tertiary/aromatic N) is 2. The number of fused-ring (bicyclic) bond motifs is 1. The molecule has 1 aromatic carbocycles. The summed E-state index contributed by atoms with van der Waals surface area (Å²) in [5.74, 6) is -0.101. The molecule has 0 amide bonds. The Labute approximate surface area is 116 Å². The van der Waals surface area contributed by atoms with Gasteiger partial charge in [-0.05, 0) is 39.0 Å². The highest BCUT2D eigenvalue weighted by Crippen LogP contribution is 2.19. The number of nitrogens with one attached hydrogen (secondary N) is 1. The van der Waals surface area contributed by atoms with E-state index in [4.69, 9.17) is 4.74 Å². The number of carbonyl (C=O) groups excluding carboxylic acids is 1. The number of aromatic amines is 1. The SMILES string of the molecule is CCOC(=O)CN(c1nc2ccc(F)cc2[nH]1)C(C)C. The lowest BCUT2D eigenvalue weighted by atomic mass is 10.3. The van der Waals surface area contributed by atoms with Gasteiger partial charge in [-0.1, -0.05) is 0 Å². The van der Waals surface area contributed by atoms with E-state index in [2.05, 4.69) is 9.97 Å². The first-order valence-corrected chi connectivity index (χ1v) is 6.58. The lowest BCUT2D eigenvalue weighted by molar-refractivity contribution is -0.141. The molecule has 0 aliphatic heterocycles. The van der Waals surface area contributed by atoms with Gasteiger partial charge in [0.1, 0.15) is 12.4 Å². The van der Waals surface area contributed by atoms with Crippen LogP contribution in [0.1, 0.15) is 20.8 Å². The Kier molecular flexibility index (Phi) is 4.22. The van der Waals surface area contributed by atoms with Crippen molar-refractivity contribution in [2.24, 2.45) is 0 Å². The highest BCUT2D eigenvalue weighted by atomic mass is 19.1. The number of carbonyl (C=O) groups is 1. The van der Waals surface area contributed by atoms with Gasteiger partial charge in [0.2, 0.25) is 5.95 Å². The highest BCUT2D eigenvalue weighted by Gasteiger charge is 2.19. The molecule has 0 spiro atoms. The molecular weight excluding hydrogens is 261 g/mol. The van der Waals surface area contributed by atoms with Crippen LogP contribution in [0.4, 0.5) is 10.3 Å². The maximum Gasteiger partial charge on any atom is 0.325 e. The second kappa shape index (κ2) is 5.90. The largest absolute Gasteiger partial charge is 0.465 e. The first-order chi connectivity index (χ1) is 9.51. The molecule has 0 unspecified atom stereocenters. The monoisotopic (exact) mass is 279 g/mol. The summed E-state index contributed by atoms with van der Waals surface area (Å²) < 4.78 is 18.1. The van der Waals surface area contributed by atoms with E-state index >= 15 is 0 Å². The molecule has 1 N–H and O–H groups in total. The molecule has 0 atom stereocenters. The Bertz CT molecular complexity index is 609. The van der Waals surface area contributed by atoms with Crippen LogP contribution in [-0.2, 0) is 9.53 Å². The van der Waals surface area contributed by atoms with Crippen molar-refractivity contribution >= 4 is 23.0 Å². The van der Waals surface area contributed by atoms with Crippen LogP contribution in [0.3, 0.4) is 0 Å². The topological polar surface area (TPSA) is 58.2 Å². The van der Waals surface area contributed by atoms with E-state index in [0.29, 0.717) is 23.6 Å². The van der Waals surface area contributed by atoms with Gasteiger partial charge < -0.3 is 14.6 Å². The van der Waals surface area contributed by atoms with Crippen molar-refractivity contribution in [1.29, 1.82) is 0 Å². The third kappa shape index (κ3) is 3.07. The Morgan fingerprint density at radius 3 is 2.90 bits per heavy atom. The van der Waals surface area contributed by atoms with Gasteiger partial charge in [-0.3, -0.25) is 4.79 Å². The summed E-state index contributed by atoms with van der Waals surface area (Å²) in [5.41, 5.74) is 1.27. The van der Waals surface area contributed by atoms with Crippen molar-refractivity contribution in [1.82, 2.24) is 9.97 Å². The van der Waals surface area contributed by atoms with Crippen LogP contribution in [0.5, 0.6) is 0 Å². The molecule has 0 aliphatic rings. The van der Waals surface area contributed by atoms with Crippen molar-refractivity contribution in [2.45, 2.75) is 26.8 Å². The summed E-state index contributed by atoms with van der Waals surface area (Å²) in [7, 11) is 0. The van der Waals surface area contributed by atoms with E-state index in [-0.39, 0.29) is 24.4 Å². The summed E-state index contributed by atoms with van der Waals surface area (Å²) in [4.78, 5) is 20.8. The molecule has 20 heavy (non-hydrogen) atoms. The molecule has 5 nitrogen and oxygen atoms in total. The summed E-state index contributed by atoms with van der Waals surface area (Å²) >= 11 is 0. The Morgan fingerprint density at radius 2 is 2.25 bits per heavy atom. The molecule has 0 saturated carbocycles. The smallest absolute Gasteiger partial charge is 0.325 e. The fourth-order valence-electron chi connectivity index (χ4n) is 1.95. The van der Waals surface area contributed by atoms with Gasteiger partial charge in [0.15, 0.2) is 0 Å². The summed E-state index contributed by atoms with van der Waals surface area (Å²) in [6, 6.07) is 4.41. The van der Waals surface area contributed by atoms with E-state index in [1.165, 1.54) is 12.1 Å². The van der Waals surface area contributed by atoms with Gasteiger partial charge in [0.05, 0.1) is 17.6 Å². The van der Waals surface area contributed by atoms with Gasteiger partial charge in [-0.2, -0.15) is 0 Å². The second-order valence-electron chi connectivity index (χ2n) is 4.75. The van der Waals surface area contributed by atoms with E-state index in [1.807, 2.05) is 13.8 Å². The number of halogens is 1. The van der Waals surface area contributed by atoms with E-state index in [9.17, 15) is 9.18 Å². The quantitative estimate of drug-likeness (QED) is 0.854. The minimum atomic E-state index is -0.325. The third-order valence-electron chi connectivity index (χ3n) is 2.93. The highest BCUT2D eigenvalue weighted by molar-refractivity contribution is 5.80. The number of hydrogen-bond donors (Lipinski definition) is 1. The van der Waals surface area contributed by atoms with Crippen LogP contribution in [-0.4, -0.2) is 35.1 Å². The molecule has 0 saturated heterocycles. The van der Waals surface area contributed by atoms with Gasteiger partial charge in [-0.15, -0.1) is 0 Å². The fourth-order valence-corrected chi connectivity index (χ4v) is 1.95. The zero-order valence-corrected chi connectivity index (χ0v) is 11.8. The van der Waals surface area contributed by atoms with E-state index in [0.717, 1.165) is 0 Å². The van der Waals surface area contributed by atoms with Gasteiger partial charge in [0.25, 0.3) is 0 Å². The number of rotatable bonds is 5. The molecule has 1 heterocycles. The molecular formula is C14H18FN3O2. The molecule has 1 aromatic heterocycles. The number of aromatic nitrogens is 2. The number of esters is 1. The van der Waals surface area contributed by atoms with Crippen LogP contribution in [0, 0.1) is 5.82 Å².